The summed E-state index contributed by atoms with van der Waals surface area (Å²) in [6, 6.07) is 0.00630. The SMILES string of the molecule is CCSCC(NN)c1c(Cl)cnn1CCOC. The number of ether oxygens (including phenoxy) is 1. The number of aromatic nitrogens is 2. The highest BCUT2D eigenvalue weighted by Crippen LogP contribution is 2.25. The lowest BCUT2D eigenvalue weighted by Gasteiger charge is -2.17. The van der Waals surface area contributed by atoms with Gasteiger partial charge in [0.15, 0.2) is 0 Å². The zero-order valence-corrected chi connectivity index (χ0v) is 11.7. The molecule has 0 bridgehead atoms. The minimum Gasteiger partial charge on any atom is -0.383 e. The van der Waals surface area contributed by atoms with Gasteiger partial charge in [-0.1, -0.05) is 18.5 Å². The highest BCUT2D eigenvalue weighted by Gasteiger charge is 2.19. The summed E-state index contributed by atoms with van der Waals surface area (Å²) in [4.78, 5) is 0. The topological polar surface area (TPSA) is 65.1 Å². The van der Waals surface area contributed by atoms with Crippen LogP contribution in [0.1, 0.15) is 18.7 Å². The van der Waals surface area contributed by atoms with Crippen LogP contribution in [-0.2, 0) is 11.3 Å². The average Bonchev–Trinajstić information content (AvgIpc) is 2.70. The first-order valence-electron chi connectivity index (χ1n) is 5.48. The Morgan fingerprint density at radius 3 is 3.06 bits per heavy atom. The lowest BCUT2D eigenvalue weighted by atomic mass is 10.2. The van der Waals surface area contributed by atoms with E-state index >= 15 is 0 Å². The Morgan fingerprint density at radius 2 is 2.47 bits per heavy atom. The summed E-state index contributed by atoms with van der Waals surface area (Å²) in [7, 11) is 1.66. The minimum absolute atomic E-state index is 0.00630. The molecule has 0 amide bonds. The summed E-state index contributed by atoms with van der Waals surface area (Å²) < 4.78 is 6.88. The first kappa shape index (κ1) is 14.8. The van der Waals surface area contributed by atoms with Crippen LogP contribution in [0.25, 0.3) is 0 Å². The van der Waals surface area contributed by atoms with E-state index in [1.807, 2.05) is 4.68 Å². The third kappa shape index (κ3) is 4.15. The summed E-state index contributed by atoms with van der Waals surface area (Å²) in [5, 5.41) is 4.87. The van der Waals surface area contributed by atoms with Crippen LogP contribution in [0.3, 0.4) is 0 Å². The van der Waals surface area contributed by atoms with Crippen molar-refractivity contribution in [1.29, 1.82) is 0 Å². The van der Waals surface area contributed by atoms with Crippen molar-refractivity contribution in [3.8, 4) is 0 Å². The van der Waals surface area contributed by atoms with E-state index < -0.39 is 0 Å². The molecule has 0 aliphatic rings. The smallest absolute Gasteiger partial charge is 0.0835 e. The molecule has 0 saturated carbocycles. The monoisotopic (exact) mass is 278 g/mol. The molecule has 0 spiro atoms. The third-order valence-electron chi connectivity index (χ3n) is 2.36. The number of hydrogen-bond donors (Lipinski definition) is 2. The van der Waals surface area contributed by atoms with Crippen LogP contribution in [0.2, 0.25) is 5.02 Å². The molecule has 0 aliphatic carbocycles. The van der Waals surface area contributed by atoms with Gasteiger partial charge in [0, 0.05) is 12.9 Å². The zero-order valence-electron chi connectivity index (χ0n) is 10.1. The van der Waals surface area contributed by atoms with E-state index in [4.69, 9.17) is 22.2 Å². The summed E-state index contributed by atoms with van der Waals surface area (Å²) in [5.41, 5.74) is 3.71. The van der Waals surface area contributed by atoms with Crippen molar-refractivity contribution in [2.24, 2.45) is 5.84 Å². The van der Waals surface area contributed by atoms with Gasteiger partial charge in [0.2, 0.25) is 0 Å². The fourth-order valence-corrected chi connectivity index (χ4v) is 2.51. The molecule has 3 N–H and O–H groups in total. The number of nitrogens with zero attached hydrogens (tertiary/aromatic N) is 2. The summed E-state index contributed by atoms with van der Waals surface area (Å²) >= 11 is 7.95. The van der Waals surface area contributed by atoms with Gasteiger partial charge in [0.05, 0.1) is 36.1 Å². The van der Waals surface area contributed by atoms with E-state index in [1.165, 1.54) is 0 Å². The Morgan fingerprint density at radius 1 is 1.71 bits per heavy atom. The second-order valence-electron chi connectivity index (χ2n) is 3.47. The molecular formula is C10H19ClN4OS. The molecular weight excluding hydrogens is 260 g/mol. The zero-order chi connectivity index (χ0) is 12.7. The molecule has 17 heavy (non-hydrogen) atoms. The van der Waals surface area contributed by atoms with Crippen molar-refractivity contribution in [3.05, 3.63) is 16.9 Å². The molecule has 0 aromatic carbocycles. The van der Waals surface area contributed by atoms with Gasteiger partial charge < -0.3 is 4.74 Å². The maximum Gasteiger partial charge on any atom is 0.0835 e. The molecule has 7 heteroatoms. The molecule has 1 unspecified atom stereocenters. The van der Waals surface area contributed by atoms with Gasteiger partial charge in [-0.15, -0.1) is 0 Å². The van der Waals surface area contributed by atoms with E-state index in [2.05, 4.69) is 17.4 Å². The molecule has 1 rings (SSSR count). The first-order chi connectivity index (χ1) is 8.24. The van der Waals surface area contributed by atoms with E-state index in [-0.39, 0.29) is 6.04 Å². The third-order valence-corrected chi connectivity index (χ3v) is 3.63. The van der Waals surface area contributed by atoms with E-state index in [1.54, 1.807) is 25.1 Å². The van der Waals surface area contributed by atoms with Crippen LogP contribution in [0.4, 0.5) is 0 Å². The quantitative estimate of drug-likeness (QED) is 0.556. The predicted octanol–water partition coefficient (Wildman–Crippen LogP) is 1.44. The van der Waals surface area contributed by atoms with Crippen LogP contribution < -0.4 is 11.3 Å². The molecule has 0 radical (unpaired) electrons. The molecule has 0 aliphatic heterocycles. The van der Waals surface area contributed by atoms with Crippen LogP contribution >= 0.6 is 23.4 Å². The molecule has 98 valence electrons. The Labute approximate surface area is 111 Å². The van der Waals surface area contributed by atoms with Gasteiger partial charge in [0.1, 0.15) is 0 Å². The lowest BCUT2D eigenvalue weighted by Crippen LogP contribution is -2.32. The Balaban J connectivity index is 2.80. The van der Waals surface area contributed by atoms with Crippen molar-refractivity contribution < 1.29 is 4.74 Å². The summed E-state index contributed by atoms with van der Waals surface area (Å²) in [5.74, 6) is 7.49. The largest absolute Gasteiger partial charge is 0.383 e. The van der Waals surface area contributed by atoms with Crippen molar-refractivity contribution >= 4 is 23.4 Å². The molecule has 1 aromatic heterocycles. The van der Waals surface area contributed by atoms with Crippen molar-refractivity contribution in [2.75, 3.05) is 25.2 Å². The van der Waals surface area contributed by atoms with E-state index in [0.29, 0.717) is 18.2 Å². The van der Waals surface area contributed by atoms with Gasteiger partial charge in [0.25, 0.3) is 0 Å². The van der Waals surface area contributed by atoms with Gasteiger partial charge in [-0.2, -0.15) is 16.9 Å². The highest BCUT2D eigenvalue weighted by molar-refractivity contribution is 7.99. The second-order valence-corrected chi connectivity index (χ2v) is 5.20. The number of nitrogens with one attached hydrogen (secondary N) is 1. The number of halogens is 1. The van der Waals surface area contributed by atoms with Crippen LogP contribution in [0, 0.1) is 0 Å². The summed E-state index contributed by atoms with van der Waals surface area (Å²) in [6.45, 7) is 3.39. The molecule has 0 fully saturated rings. The van der Waals surface area contributed by atoms with Gasteiger partial charge in [-0.05, 0) is 5.75 Å². The first-order valence-corrected chi connectivity index (χ1v) is 7.01. The molecule has 1 aromatic rings. The summed E-state index contributed by atoms with van der Waals surface area (Å²) in [6.07, 6.45) is 1.65. The van der Waals surface area contributed by atoms with Crippen LogP contribution in [0.15, 0.2) is 6.20 Å². The predicted molar refractivity (Wildman–Crippen MR) is 72.2 cm³/mol. The average molecular weight is 279 g/mol. The number of hydrogen-bond acceptors (Lipinski definition) is 5. The molecule has 5 nitrogen and oxygen atoms in total. The van der Waals surface area contributed by atoms with E-state index in [0.717, 1.165) is 17.2 Å². The van der Waals surface area contributed by atoms with E-state index in [9.17, 15) is 0 Å². The van der Waals surface area contributed by atoms with Crippen molar-refractivity contribution in [1.82, 2.24) is 15.2 Å². The standard InChI is InChI=1S/C10H19ClN4OS/c1-3-17-7-9(14-12)10-8(11)6-13-15(10)4-5-16-2/h6,9,14H,3-5,7,12H2,1-2H3. The normalized spacial score (nSPS) is 12.9. The Hall–Kier alpha value is -0.270. The Kier molecular flexibility index (Phi) is 6.91. The maximum absolute atomic E-state index is 6.15. The van der Waals surface area contributed by atoms with Crippen molar-refractivity contribution in [3.63, 3.8) is 0 Å². The van der Waals surface area contributed by atoms with Crippen molar-refractivity contribution in [2.45, 2.75) is 19.5 Å². The lowest BCUT2D eigenvalue weighted by molar-refractivity contribution is 0.182. The minimum atomic E-state index is 0.00630. The van der Waals surface area contributed by atoms with Gasteiger partial charge in [-0.3, -0.25) is 16.0 Å². The highest BCUT2D eigenvalue weighted by atomic mass is 35.5. The second kappa shape index (κ2) is 7.94. The van der Waals surface area contributed by atoms with Gasteiger partial charge >= 0.3 is 0 Å². The fourth-order valence-electron chi connectivity index (χ4n) is 1.52. The number of rotatable bonds is 8. The maximum atomic E-state index is 6.15. The molecule has 1 atom stereocenters. The fraction of sp³-hybridized carbons (Fsp3) is 0.700. The van der Waals surface area contributed by atoms with Gasteiger partial charge in [-0.25, -0.2) is 0 Å². The molecule has 1 heterocycles. The van der Waals surface area contributed by atoms with Crippen LogP contribution in [0.5, 0.6) is 0 Å². The number of hydrazine groups is 1. The number of thioether (sulfide) groups is 1. The Bertz CT molecular complexity index is 334. The number of methoxy groups -OCH3 is 1. The molecule has 0 saturated heterocycles. The number of nitrogens with two attached hydrogens (primary N) is 1. The van der Waals surface area contributed by atoms with Crippen LogP contribution in [-0.4, -0.2) is 35.0 Å².